The average molecular weight is 178 g/mol. The predicted molar refractivity (Wildman–Crippen MR) is 55.7 cm³/mol. The van der Waals surface area contributed by atoms with Crippen LogP contribution in [0.25, 0.3) is 0 Å². The van der Waals surface area contributed by atoms with Crippen molar-refractivity contribution in [1.82, 2.24) is 9.88 Å². The second-order valence-corrected chi connectivity index (χ2v) is 3.14. The number of rotatable bonds is 5. The van der Waals surface area contributed by atoms with Crippen LogP contribution in [0.5, 0.6) is 0 Å². The molecule has 13 heavy (non-hydrogen) atoms. The standard InChI is InChI=1S/C11H18N2/c1-3-13(4-2)9-7-11-6-5-8-12-10-11/h5-6,8,10H,3-4,7,9H2,1-2H3. The summed E-state index contributed by atoms with van der Waals surface area (Å²) < 4.78 is 0. The van der Waals surface area contributed by atoms with Gasteiger partial charge in [-0.25, -0.2) is 0 Å². The summed E-state index contributed by atoms with van der Waals surface area (Å²) in [5, 5.41) is 0. The van der Waals surface area contributed by atoms with Crippen LogP contribution in [-0.2, 0) is 6.42 Å². The highest BCUT2D eigenvalue weighted by Gasteiger charge is 1.98. The molecule has 0 N–H and O–H groups in total. The number of pyridine rings is 1. The van der Waals surface area contributed by atoms with E-state index in [-0.39, 0.29) is 0 Å². The Morgan fingerprint density at radius 1 is 1.31 bits per heavy atom. The highest BCUT2D eigenvalue weighted by molar-refractivity contribution is 5.08. The number of likely N-dealkylation sites (N-methyl/N-ethyl adjacent to an activating group) is 1. The van der Waals surface area contributed by atoms with Gasteiger partial charge < -0.3 is 4.90 Å². The summed E-state index contributed by atoms with van der Waals surface area (Å²) in [7, 11) is 0. The third-order valence-corrected chi connectivity index (χ3v) is 2.33. The number of hydrogen-bond acceptors (Lipinski definition) is 2. The summed E-state index contributed by atoms with van der Waals surface area (Å²) in [6, 6.07) is 4.13. The zero-order chi connectivity index (χ0) is 9.52. The van der Waals surface area contributed by atoms with Crippen LogP contribution in [0.2, 0.25) is 0 Å². The van der Waals surface area contributed by atoms with Gasteiger partial charge in [0.25, 0.3) is 0 Å². The first-order valence-electron chi connectivity index (χ1n) is 4.98. The molecular weight excluding hydrogens is 160 g/mol. The molecule has 1 rings (SSSR count). The molecule has 0 aliphatic heterocycles. The van der Waals surface area contributed by atoms with Crippen molar-refractivity contribution < 1.29 is 0 Å². The Bertz CT molecular complexity index is 217. The maximum atomic E-state index is 4.10. The molecule has 2 nitrogen and oxygen atoms in total. The van der Waals surface area contributed by atoms with Crippen LogP contribution in [0.3, 0.4) is 0 Å². The van der Waals surface area contributed by atoms with Gasteiger partial charge in [0.05, 0.1) is 0 Å². The molecule has 2 heteroatoms. The Morgan fingerprint density at radius 3 is 2.62 bits per heavy atom. The van der Waals surface area contributed by atoms with Crippen molar-refractivity contribution >= 4 is 0 Å². The van der Waals surface area contributed by atoms with Crippen molar-refractivity contribution in [3.05, 3.63) is 30.1 Å². The van der Waals surface area contributed by atoms with E-state index >= 15 is 0 Å². The molecular formula is C11H18N2. The molecule has 0 saturated heterocycles. The summed E-state index contributed by atoms with van der Waals surface area (Å²) in [6.07, 6.45) is 4.87. The molecule has 1 aromatic heterocycles. The molecule has 0 radical (unpaired) electrons. The molecule has 0 unspecified atom stereocenters. The van der Waals surface area contributed by atoms with Crippen molar-refractivity contribution in [1.29, 1.82) is 0 Å². The van der Waals surface area contributed by atoms with Gasteiger partial charge in [-0.15, -0.1) is 0 Å². The average Bonchev–Trinajstić information content (AvgIpc) is 2.21. The molecule has 0 atom stereocenters. The fourth-order valence-electron chi connectivity index (χ4n) is 1.37. The summed E-state index contributed by atoms with van der Waals surface area (Å²) in [5.74, 6) is 0. The van der Waals surface area contributed by atoms with Crippen molar-refractivity contribution in [2.24, 2.45) is 0 Å². The van der Waals surface area contributed by atoms with Crippen LogP contribution >= 0.6 is 0 Å². The number of aromatic nitrogens is 1. The smallest absolute Gasteiger partial charge is 0.0300 e. The molecule has 0 aliphatic carbocycles. The molecule has 1 aromatic rings. The Labute approximate surface area is 80.6 Å². The van der Waals surface area contributed by atoms with Gasteiger partial charge in [0.2, 0.25) is 0 Å². The lowest BCUT2D eigenvalue weighted by Crippen LogP contribution is -2.25. The van der Waals surface area contributed by atoms with Crippen molar-refractivity contribution in [3.63, 3.8) is 0 Å². The normalized spacial score (nSPS) is 10.7. The Kier molecular flexibility index (Phi) is 4.47. The fourth-order valence-corrected chi connectivity index (χ4v) is 1.37. The van der Waals surface area contributed by atoms with E-state index in [2.05, 4.69) is 29.8 Å². The van der Waals surface area contributed by atoms with Gasteiger partial charge in [0.1, 0.15) is 0 Å². The second-order valence-electron chi connectivity index (χ2n) is 3.14. The molecule has 72 valence electrons. The van der Waals surface area contributed by atoms with E-state index in [1.807, 2.05) is 18.5 Å². The summed E-state index contributed by atoms with van der Waals surface area (Å²) >= 11 is 0. The second kappa shape index (κ2) is 5.70. The van der Waals surface area contributed by atoms with E-state index in [0.29, 0.717) is 0 Å². The Hall–Kier alpha value is -0.890. The van der Waals surface area contributed by atoms with Crippen molar-refractivity contribution in [2.45, 2.75) is 20.3 Å². The molecule has 0 fully saturated rings. The van der Waals surface area contributed by atoms with Crippen LogP contribution in [0.4, 0.5) is 0 Å². The number of hydrogen-bond donors (Lipinski definition) is 0. The minimum atomic E-state index is 1.11. The van der Waals surface area contributed by atoms with Crippen LogP contribution in [-0.4, -0.2) is 29.5 Å². The molecule has 1 heterocycles. The van der Waals surface area contributed by atoms with Crippen LogP contribution in [0.1, 0.15) is 19.4 Å². The lowest BCUT2D eigenvalue weighted by Gasteiger charge is -2.17. The summed E-state index contributed by atoms with van der Waals surface area (Å²) in [4.78, 5) is 6.52. The van der Waals surface area contributed by atoms with E-state index in [9.17, 15) is 0 Å². The fraction of sp³-hybridized carbons (Fsp3) is 0.545. The van der Waals surface area contributed by atoms with Gasteiger partial charge in [-0.2, -0.15) is 0 Å². The summed E-state index contributed by atoms with van der Waals surface area (Å²) in [6.45, 7) is 7.81. The molecule has 0 spiro atoms. The minimum Gasteiger partial charge on any atom is -0.304 e. The predicted octanol–water partition coefficient (Wildman–Crippen LogP) is 1.97. The van der Waals surface area contributed by atoms with Crippen LogP contribution in [0, 0.1) is 0 Å². The van der Waals surface area contributed by atoms with Crippen LogP contribution in [0.15, 0.2) is 24.5 Å². The minimum absolute atomic E-state index is 1.11. The maximum Gasteiger partial charge on any atom is 0.0300 e. The van der Waals surface area contributed by atoms with E-state index in [4.69, 9.17) is 0 Å². The van der Waals surface area contributed by atoms with E-state index in [1.54, 1.807) is 0 Å². The van der Waals surface area contributed by atoms with Crippen LogP contribution < -0.4 is 0 Å². The zero-order valence-corrected chi connectivity index (χ0v) is 8.53. The van der Waals surface area contributed by atoms with E-state index in [1.165, 1.54) is 5.56 Å². The lowest BCUT2D eigenvalue weighted by atomic mass is 10.2. The first-order valence-corrected chi connectivity index (χ1v) is 4.98. The lowest BCUT2D eigenvalue weighted by molar-refractivity contribution is 0.308. The Morgan fingerprint density at radius 2 is 2.08 bits per heavy atom. The summed E-state index contributed by atoms with van der Waals surface area (Å²) in [5.41, 5.74) is 1.33. The maximum absolute atomic E-state index is 4.10. The molecule has 0 aliphatic rings. The molecule has 0 amide bonds. The third-order valence-electron chi connectivity index (χ3n) is 2.33. The van der Waals surface area contributed by atoms with Gasteiger partial charge in [-0.1, -0.05) is 19.9 Å². The highest BCUT2D eigenvalue weighted by Crippen LogP contribution is 1.98. The monoisotopic (exact) mass is 178 g/mol. The highest BCUT2D eigenvalue weighted by atomic mass is 15.1. The number of nitrogens with zero attached hydrogens (tertiary/aromatic N) is 2. The molecule has 0 bridgehead atoms. The largest absolute Gasteiger partial charge is 0.304 e. The zero-order valence-electron chi connectivity index (χ0n) is 8.53. The van der Waals surface area contributed by atoms with Gasteiger partial charge in [0, 0.05) is 18.9 Å². The van der Waals surface area contributed by atoms with Crippen molar-refractivity contribution in [3.8, 4) is 0 Å². The van der Waals surface area contributed by atoms with Gasteiger partial charge >= 0.3 is 0 Å². The molecule has 0 aromatic carbocycles. The third kappa shape index (κ3) is 3.55. The van der Waals surface area contributed by atoms with E-state index < -0.39 is 0 Å². The SMILES string of the molecule is CCN(CC)CCc1cccnc1. The van der Waals surface area contributed by atoms with Crippen molar-refractivity contribution in [2.75, 3.05) is 19.6 Å². The van der Waals surface area contributed by atoms with Gasteiger partial charge in [-0.3, -0.25) is 4.98 Å². The molecule has 0 saturated carbocycles. The quantitative estimate of drug-likeness (QED) is 0.685. The first-order chi connectivity index (χ1) is 6.36. The van der Waals surface area contributed by atoms with Gasteiger partial charge in [-0.05, 0) is 31.1 Å². The van der Waals surface area contributed by atoms with Gasteiger partial charge in [0.15, 0.2) is 0 Å². The topological polar surface area (TPSA) is 16.1 Å². The first kappa shape index (κ1) is 10.2. The Balaban J connectivity index is 2.34. The van der Waals surface area contributed by atoms with E-state index in [0.717, 1.165) is 26.1 Å².